The number of nitrogens with zero attached hydrogens (tertiary/aromatic N) is 3. The van der Waals surface area contributed by atoms with Gasteiger partial charge in [0.05, 0.1) is 32.6 Å². The second-order valence-electron chi connectivity index (χ2n) is 7.35. The van der Waals surface area contributed by atoms with Crippen molar-refractivity contribution in [2.75, 3.05) is 0 Å². The molecule has 0 atom stereocenters. The third-order valence-corrected chi connectivity index (χ3v) is 10.7. The molecule has 1 aliphatic heterocycles. The van der Waals surface area contributed by atoms with Crippen molar-refractivity contribution in [3.8, 4) is 0 Å². The van der Waals surface area contributed by atoms with Gasteiger partial charge >= 0.3 is 0 Å². The van der Waals surface area contributed by atoms with Crippen molar-refractivity contribution in [1.82, 2.24) is 10.0 Å². The van der Waals surface area contributed by atoms with Crippen molar-refractivity contribution in [3.05, 3.63) is 103 Å². The van der Waals surface area contributed by atoms with Gasteiger partial charge in [0.15, 0.2) is 0 Å². The van der Waals surface area contributed by atoms with Gasteiger partial charge in [-0.2, -0.15) is 5.01 Å². The van der Waals surface area contributed by atoms with Crippen LogP contribution in [0.25, 0.3) is 0 Å². The lowest BCUT2D eigenvalue weighted by molar-refractivity contribution is -0.384. The number of carbonyl (C=O) groups excluding carboxylic acids is 3. The minimum absolute atomic E-state index is 0.0351. The molecular weight excluding hydrogens is 777 g/mol. The molecule has 184 valence electrons. The molecule has 0 bridgehead atoms. The first-order chi connectivity index (χ1) is 16.9. The number of benzene rings is 3. The fourth-order valence-electron chi connectivity index (χ4n) is 3.50. The second kappa shape index (κ2) is 10.5. The van der Waals surface area contributed by atoms with Gasteiger partial charge in [-0.25, -0.2) is 5.01 Å². The first kappa shape index (κ1) is 27.2. The molecule has 0 saturated heterocycles. The van der Waals surface area contributed by atoms with Crippen LogP contribution in [0, 0.1) is 10.1 Å². The fraction of sp³-hybridized carbons (Fsp3) is 0.0455. The predicted molar refractivity (Wildman–Crippen MR) is 147 cm³/mol. The summed E-state index contributed by atoms with van der Waals surface area (Å²) in [6.45, 7) is -0.262. The van der Waals surface area contributed by atoms with Crippen LogP contribution in [-0.2, 0) is 6.54 Å². The number of nitro groups is 1. The largest absolute Gasteiger partial charge is 0.282 e. The number of rotatable bonds is 5. The molecule has 36 heavy (non-hydrogen) atoms. The van der Waals surface area contributed by atoms with Gasteiger partial charge in [0.1, 0.15) is 0 Å². The Morgan fingerprint density at radius 2 is 1.47 bits per heavy atom. The molecular formula is C22H9Br4Cl2N3O5. The number of fused-ring (bicyclic) bond motifs is 1. The zero-order chi connectivity index (χ0) is 26.5. The first-order valence-electron chi connectivity index (χ1n) is 9.69. The quantitative estimate of drug-likeness (QED) is 0.0865. The molecule has 0 spiro atoms. The molecule has 0 aliphatic carbocycles. The lowest BCUT2D eigenvalue weighted by Crippen LogP contribution is -2.49. The molecule has 3 aromatic rings. The normalized spacial score (nSPS) is 12.7. The molecule has 8 nitrogen and oxygen atoms in total. The Morgan fingerprint density at radius 1 is 0.889 bits per heavy atom. The van der Waals surface area contributed by atoms with Gasteiger partial charge in [0.2, 0.25) is 0 Å². The van der Waals surface area contributed by atoms with Crippen LogP contribution in [0.4, 0.5) is 5.69 Å². The number of non-ortho nitro benzene ring substituents is 1. The zero-order valence-electron chi connectivity index (χ0n) is 17.4. The van der Waals surface area contributed by atoms with E-state index >= 15 is 0 Å². The molecule has 3 amide bonds. The Morgan fingerprint density at radius 3 is 2.00 bits per heavy atom. The molecule has 0 radical (unpaired) electrons. The van der Waals surface area contributed by atoms with E-state index in [1.54, 1.807) is 6.07 Å². The molecule has 3 aromatic carbocycles. The van der Waals surface area contributed by atoms with Gasteiger partial charge in [-0.1, -0.05) is 35.3 Å². The van der Waals surface area contributed by atoms with E-state index in [-0.39, 0.29) is 39.0 Å². The van der Waals surface area contributed by atoms with Crippen molar-refractivity contribution >= 4 is 110 Å². The average Bonchev–Trinajstić information content (AvgIpc) is 3.11. The van der Waals surface area contributed by atoms with Gasteiger partial charge < -0.3 is 0 Å². The molecule has 0 N–H and O–H groups in total. The van der Waals surface area contributed by atoms with Crippen molar-refractivity contribution in [2.24, 2.45) is 0 Å². The third-order valence-electron chi connectivity index (χ3n) is 5.18. The van der Waals surface area contributed by atoms with E-state index in [0.29, 0.717) is 28.5 Å². The number of carbonyl (C=O) groups is 3. The lowest BCUT2D eigenvalue weighted by Gasteiger charge is -2.30. The van der Waals surface area contributed by atoms with E-state index < -0.39 is 22.6 Å². The molecule has 1 heterocycles. The molecule has 0 saturated carbocycles. The second-order valence-corrected chi connectivity index (χ2v) is 11.3. The number of halogens is 6. The fourth-order valence-corrected chi connectivity index (χ4v) is 6.28. The van der Waals surface area contributed by atoms with Crippen molar-refractivity contribution in [1.29, 1.82) is 0 Å². The highest BCUT2D eigenvalue weighted by Crippen LogP contribution is 2.45. The highest BCUT2D eigenvalue weighted by atomic mass is 79.9. The Balaban J connectivity index is 1.86. The van der Waals surface area contributed by atoms with Crippen molar-refractivity contribution < 1.29 is 19.3 Å². The summed E-state index contributed by atoms with van der Waals surface area (Å²) < 4.78 is 1.59. The topological polar surface area (TPSA) is 101 Å². The van der Waals surface area contributed by atoms with E-state index in [4.69, 9.17) is 23.2 Å². The zero-order valence-corrected chi connectivity index (χ0v) is 25.3. The van der Waals surface area contributed by atoms with E-state index in [0.717, 1.165) is 11.1 Å². The molecule has 14 heteroatoms. The molecule has 0 unspecified atom stereocenters. The Labute approximate surface area is 247 Å². The number of amides is 3. The van der Waals surface area contributed by atoms with E-state index in [9.17, 15) is 24.5 Å². The smallest absolute Gasteiger partial charge is 0.267 e. The van der Waals surface area contributed by atoms with Crippen molar-refractivity contribution in [3.63, 3.8) is 0 Å². The molecule has 4 rings (SSSR count). The Hall–Kier alpha value is -1.83. The van der Waals surface area contributed by atoms with Crippen LogP contribution in [-0.4, -0.2) is 32.7 Å². The maximum atomic E-state index is 13.7. The number of hydrogen-bond acceptors (Lipinski definition) is 5. The summed E-state index contributed by atoms with van der Waals surface area (Å²) in [6, 6.07) is 9.58. The monoisotopic (exact) mass is 781 g/mol. The summed E-state index contributed by atoms with van der Waals surface area (Å²) in [6.07, 6.45) is 0. The highest BCUT2D eigenvalue weighted by Gasteiger charge is 2.45. The Bertz CT molecular complexity index is 1450. The molecule has 1 aliphatic rings. The van der Waals surface area contributed by atoms with Crippen molar-refractivity contribution in [2.45, 2.75) is 6.54 Å². The summed E-state index contributed by atoms with van der Waals surface area (Å²) in [7, 11) is 0. The minimum atomic E-state index is -0.815. The number of nitro benzene ring substituents is 1. The summed E-state index contributed by atoms with van der Waals surface area (Å²) >= 11 is 25.6. The summed E-state index contributed by atoms with van der Waals surface area (Å²) in [5, 5.41) is 13.4. The molecule has 0 fully saturated rings. The summed E-state index contributed by atoms with van der Waals surface area (Å²) in [5.41, 5.74) is 0.110. The van der Waals surface area contributed by atoms with Crippen LogP contribution in [0.1, 0.15) is 36.6 Å². The van der Waals surface area contributed by atoms with Crippen LogP contribution < -0.4 is 0 Å². The summed E-state index contributed by atoms with van der Waals surface area (Å²) in [4.78, 5) is 51.4. The van der Waals surface area contributed by atoms with Crippen LogP contribution >= 0.6 is 86.9 Å². The van der Waals surface area contributed by atoms with E-state index in [2.05, 4.69) is 63.7 Å². The van der Waals surface area contributed by atoms with Gasteiger partial charge in [-0.15, -0.1) is 0 Å². The van der Waals surface area contributed by atoms with Gasteiger partial charge in [0.25, 0.3) is 23.4 Å². The van der Waals surface area contributed by atoms with Gasteiger partial charge in [-0.3, -0.25) is 24.5 Å². The average molecular weight is 786 g/mol. The maximum absolute atomic E-state index is 13.7. The summed E-state index contributed by atoms with van der Waals surface area (Å²) in [5.74, 6) is -2.35. The van der Waals surface area contributed by atoms with Crippen LogP contribution in [0.5, 0.6) is 0 Å². The van der Waals surface area contributed by atoms with Crippen LogP contribution in [0.15, 0.2) is 60.4 Å². The molecule has 0 aromatic heterocycles. The van der Waals surface area contributed by atoms with E-state index in [1.807, 2.05) is 0 Å². The number of hydrazine groups is 1. The first-order valence-corrected chi connectivity index (χ1v) is 13.6. The van der Waals surface area contributed by atoms with Gasteiger partial charge in [-0.05, 0) is 87.5 Å². The SMILES string of the molecule is O=C(c1cccc([N+](=O)[O-])c1)N(Cc1ccc(Cl)c(Cl)c1)N1C(=O)c2c(Br)c(Br)c(Br)c(Br)c2C1=O. The standard InChI is InChI=1S/C22H9Br4Cl2N3O5/c23-16-14-15(17(24)19(26)18(16)25)22(34)30(21(14)33)29(8-9-4-5-12(27)13(28)6-9)20(32)10-2-1-3-11(7-10)31(35)36/h1-7H,8H2. The highest BCUT2D eigenvalue weighted by molar-refractivity contribution is 9.15. The predicted octanol–water partition coefficient (Wildman–Crippen LogP) is 7.81. The maximum Gasteiger partial charge on any atom is 0.282 e. The number of hydrogen-bond donors (Lipinski definition) is 0. The Kier molecular flexibility index (Phi) is 7.94. The lowest BCUT2D eigenvalue weighted by atomic mass is 10.1. The van der Waals surface area contributed by atoms with E-state index in [1.165, 1.54) is 30.3 Å². The van der Waals surface area contributed by atoms with Gasteiger partial charge in [0, 0.05) is 35.6 Å². The van der Waals surface area contributed by atoms with Crippen LogP contribution in [0.3, 0.4) is 0 Å². The minimum Gasteiger partial charge on any atom is -0.267 e. The van der Waals surface area contributed by atoms with Crippen LogP contribution in [0.2, 0.25) is 10.0 Å². The number of imide groups is 1. The third kappa shape index (κ3) is 4.74.